The summed E-state index contributed by atoms with van der Waals surface area (Å²) >= 11 is 0. The highest BCUT2D eigenvalue weighted by atomic mass is 35.5. The SMILES string of the molecule is Cl.Cl.O=C(c1ccc2c(c1)CNC2)N1CCC(N2CCCCC2)C1. The molecule has 3 aliphatic rings. The standard InChI is InChI=1S/C18H25N3O.2ClH/c22-18(14-4-5-15-11-19-12-16(15)10-14)21-9-6-17(13-21)20-7-2-1-3-8-20;;/h4-5,10,17,19H,1-3,6-9,11-13H2;2*1H. The Morgan fingerprint density at radius 2 is 1.75 bits per heavy atom. The summed E-state index contributed by atoms with van der Waals surface area (Å²) in [4.78, 5) is 17.4. The molecule has 0 saturated carbocycles. The lowest BCUT2D eigenvalue weighted by molar-refractivity contribution is 0.0771. The van der Waals surface area contributed by atoms with E-state index in [1.807, 2.05) is 6.07 Å². The second-order valence-electron chi connectivity index (χ2n) is 6.88. The van der Waals surface area contributed by atoms with Crippen LogP contribution in [0.15, 0.2) is 18.2 Å². The van der Waals surface area contributed by atoms with E-state index in [9.17, 15) is 4.79 Å². The molecule has 3 aliphatic heterocycles. The van der Waals surface area contributed by atoms with Gasteiger partial charge in [-0.05, 0) is 55.6 Å². The van der Waals surface area contributed by atoms with Crippen LogP contribution in [0.3, 0.4) is 0 Å². The van der Waals surface area contributed by atoms with Gasteiger partial charge in [-0.15, -0.1) is 24.8 Å². The van der Waals surface area contributed by atoms with Crippen molar-refractivity contribution in [3.8, 4) is 0 Å². The van der Waals surface area contributed by atoms with E-state index < -0.39 is 0 Å². The first-order valence-electron chi connectivity index (χ1n) is 8.67. The van der Waals surface area contributed by atoms with Crippen molar-refractivity contribution in [1.82, 2.24) is 15.1 Å². The summed E-state index contributed by atoms with van der Waals surface area (Å²) in [5, 5.41) is 3.34. The number of hydrogen-bond donors (Lipinski definition) is 1. The lowest BCUT2D eigenvalue weighted by Crippen LogP contribution is -2.41. The minimum atomic E-state index is 0. The summed E-state index contributed by atoms with van der Waals surface area (Å²) in [6, 6.07) is 6.79. The van der Waals surface area contributed by atoms with E-state index in [2.05, 4.69) is 27.2 Å². The number of benzene rings is 1. The summed E-state index contributed by atoms with van der Waals surface area (Å²) in [5.41, 5.74) is 3.49. The molecule has 0 aromatic heterocycles. The van der Waals surface area contributed by atoms with Gasteiger partial charge in [0.15, 0.2) is 0 Å². The van der Waals surface area contributed by atoms with Crippen LogP contribution in [0.4, 0.5) is 0 Å². The van der Waals surface area contributed by atoms with Gasteiger partial charge in [0, 0.05) is 37.8 Å². The van der Waals surface area contributed by atoms with Crippen molar-refractivity contribution < 1.29 is 4.79 Å². The highest BCUT2D eigenvalue weighted by molar-refractivity contribution is 5.94. The van der Waals surface area contributed by atoms with E-state index in [-0.39, 0.29) is 30.7 Å². The molecule has 0 aliphatic carbocycles. The highest BCUT2D eigenvalue weighted by Crippen LogP contribution is 2.23. The first-order valence-corrected chi connectivity index (χ1v) is 8.67. The van der Waals surface area contributed by atoms with Crippen LogP contribution in [0.25, 0.3) is 0 Å². The molecule has 6 heteroatoms. The van der Waals surface area contributed by atoms with Crippen molar-refractivity contribution in [3.05, 3.63) is 34.9 Å². The van der Waals surface area contributed by atoms with Crippen LogP contribution in [0.5, 0.6) is 0 Å². The first kappa shape index (κ1) is 19.5. The van der Waals surface area contributed by atoms with Crippen molar-refractivity contribution in [2.24, 2.45) is 0 Å². The zero-order valence-corrected chi connectivity index (χ0v) is 15.6. The molecule has 0 spiro atoms. The Bertz CT molecular complexity index is 575. The molecule has 1 aromatic carbocycles. The maximum absolute atomic E-state index is 12.8. The number of rotatable bonds is 2. The predicted octanol–water partition coefficient (Wildman–Crippen LogP) is 2.83. The molecular formula is C18H27Cl2N3O. The number of nitrogens with zero attached hydrogens (tertiary/aromatic N) is 2. The normalized spacial score (nSPS) is 23.3. The molecule has 0 radical (unpaired) electrons. The number of likely N-dealkylation sites (tertiary alicyclic amines) is 2. The van der Waals surface area contributed by atoms with E-state index >= 15 is 0 Å². The molecule has 1 amide bonds. The average Bonchev–Trinajstić information content (AvgIpc) is 3.23. The summed E-state index contributed by atoms with van der Waals surface area (Å²) in [5.74, 6) is 0.217. The average molecular weight is 372 g/mol. The fourth-order valence-corrected chi connectivity index (χ4v) is 4.12. The van der Waals surface area contributed by atoms with E-state index in [4.69, 9.17) is 0 Å². The smallest absolute Gasteiger partial charge is 0.253 e. The van der Waals surface area contributed by atoms with Crippen molar-refractivity contribution in [1.29, 1.82) is 0 Å². The molecule has 4 rings (SSSR count). The van der Waals surface area contributed by atoms with Crippen molar-refractivity contribution in [2.45, 2.75) is 44.8 Å². The minimum absolute atomic E-state index is 0. The third kappa shape index (κ3) is 3.88. The molecule has 0 bridgehead atoms. The Kier molecular flexibility index (Phi) is 6.93. The summed E-state index contributed by atoms with van der Waals surface area (Å²) in [6.07, 6.45) is 5.15. The van der Waals surface area contributed by atoms with Crippen molar-refractivity contribution in [2.75, 3.05) is 26.2 Å². The molecule has 4 nitrogen and oxygen atoms in total. The van der Waals surface area contributed by atoms with E-state index in [0.717, 1.165) is 38.2 Å². The number of carbonyl (C=O) groups excluding carboxylic acids is 1. The van der Waals surface area contributed by atoms with Crippen LogP contribution in [-0.4, -0.2) is 47.9 Å². The molecule has 134 valence electrons. The lowest BCUT2D eigenvalue weighted by Gasteiger charge is -2.32. The van der Waals surface area contributed by atoms with Gasteiger partial charge in [0.25, 0.3) is 5.91 Å². The Hall–Kier alpha value is -0.810. The van der Waals surface area contributed by atoms with Gasteiger partial charge in [-0.2, -0.15) is 0 Å². The largest absolute Gasteiger partial charge is 0.337 e. The number of hydrogen-bond acceptors (Lipinski definition) is 3. The Morgan fingerprint density at radius 3 is 2.54 bits per heavy atom. The quantitative estimate of drug-likeness (QED) is 0.867. The number of halogens is 2. The monoisotopic (exact) mass is 371 g/mol. The van der Waals surface area contributed by atoms with Gasteiger partial charge in [-0.1, -0.05) is 12.5 Å². The van der Waals surface area contributed by atoms with Gasteiger partial charge in [0.1, 0.15) is 0 Å². The Morgan fingerprint density at radius 1 is 1.00 bits per heavy atom. The molecular weight excluding hydrogens is 345 g/mol. The maximum atomic E-state index is 12.8. The second kappa shape index (κ2) is 8.52. The van der Waals surface area contributed by atoms with Crippen LogP contribution in [0.2, 0.25) is 0 Å². The molecule has 1 atom stereocenters. The first-order chi connectivity index (χ1) is 10.8. The minimum Gasteiger partial charge on any atom is -0.337 e. The van der Waals surface area contributed by atoms with Gasteiger partial charge in [-0.3, -0.25) is 9.69 Å². The third-order valence-electron chi connectivity index (χ3n) is 5.44. The summed E-state index contributed by atoms with van der Waals surface area (Å²) in [7, 11) is 0. The molecule has 1 N–H and O–H groups in total. The fourth-order valence-electron chi connectivity index (χ4n) is 4.12. The molecule has 3 heterocycles. The zero-order valence-electron chi connectivity index (χ0n) is 14.0. The number of piperidine rings is 1. The van der Waals surface area contributed by atoms with Crippen LogP contribution < -0.4 is 5.32 Å². The van der Waals surface area contributed by atoms with E-state index in [0.29, 0.717) is 6.04 Å². The van der Waals surface area contributed by atoms with Crippen LogP contribution >= 0.6 is 24.8 Å². The van der Waals surface area contributed by atoms with Crippen molar-refractivity contribution >= 4 is 30.7 Å². The number of amides is 1. The molecule has 2 fully saturated rings. The van der Waals surface area contributed by atoms with Gasteiger partial charge in [0.05, 0.1) is 0 Å². The lowest BCUT2D eigenvalue weighted by atomic mass is 10.1. The maximum Gasteiger partial charge on any atom is 0.253 e. The second-order valence-corrected chi connectivity index (χ2v) is 6.88. The number of carbonyl (C=O) groups is 1. The van der Waals surface area contributed by atoms with Crippen LogP contribution in [-0.2, 0) is 13.1 Å². The summed E-state index contributed by atoms with van der Waals surface area (Å²) < 4.78 is 0. The third-order valence-corrected chi connectivity index (χ3v) is 5.44. The van der Waals surface area contributed by atoms with E-state index in [1.165, 1.54) is 43.5 Å². The zero-order chi connectivity index (χ0) is 14.9. The molecule has 1 aromatic rings. The predicted molar refractivity (Wildman–Crippen MR) is 101 cm³/mol. The van der Waals surface area contributed by atoms with Gasteiger partial charge < -0.3 is 10.2 Å². The van der Waals surface area contributed by atoms with Gasteiger partial charge in [0.2, 0.25) is 0 Å². The van der Waals surface area contributed by atoms with Crippen LogP contribution in [0, 0.1) is 0 Å². The number of fused-ring (bicyclic) bond motifs is 1. The Labute approximate surface area is 156 Å². The fraction of sp³-hybridized carbons (Fsp3) is 0.611. The number of nitrogens with one attached hydrogen (secondary N) is 1. The molecule has 1 unspecified atom stereocenters. The van der Waals surface area contributed by atoms with Crippen molar-refractivity contribution in [3.63, 3.8) is 0 Å². The highest BCUT2D eigenvalue weighted by Gasteiger charge is 2.31. The topological polar surface area (TPSA) is 35.6 Å². The van der Waals surface area contributed by atoms with E-state index in [1.54, 1.807) is 0 Å². The van der Waals surface area contributed by atoms with Crippen LogP contribution in [0.1, 0.15) is 47.2 Å². The van der Waals surface area contributed by atoms with Gasteiger partial charge in [-0.25, -0.2) is 0 Å². The Balaban J connectivity index is 0.00000104. The molecule has 24 heavy (non-hydrogen) atoms. The molecule has 2 saturated heterocycles. The van der Waals surface area contributed by atoms with Gasteiger partial charge >= 0.3 is 0 Å². The summed E-state index contributed by atoms with van der Waals surface area (Å²) in [6.45, 7) is 6.09.